The molecule has 0 nitrogen and oxygen atoms in total. The van der Waals surface area contributed by atoms with Gasteiger partial charge >= 0.3 is 0 Å². The van der Waals surface area contributed by atoms with E-state index in [1.54, 1.807) is 0 Å². The Balaban J connectivity index is 2.15. The lowest BCUT2D eigenvalue weighted by Crippen LogP contribution is -2.21. The van der Waals surface area contributed by atoms with Crippen molar-refractivity contribution in [3.63, 3.8) is 0 Å². The van der Waals surface area contributed by atoms with Crippen molar-refractivity contribution in [1.82, 2.24) is 0 Å². The molecule has 20 heavy (non-hydrogen) atoms. The fourth-order valence-corrected chi connectivity index (χ4v) is 3.24. The van der Waals surface area contributed by atoms with Gasteiger partial charge in [0.05, 0.1) is 0 Å². The minimum Gasteiger partial charge on any atom is -0.0911 e. The van der Waals surface area contributed by atoms with E-state index in [-0.39, 0.29) is 0 Å². The molecular formula is C20H16. The summed E-state index contributed by atoms with van der Waals surface area (Å²) in [6, 6.07) is 17.5. The first-order valence-corrected chi connectivity index (χ1v) is 7.03. The molecule has 1 aliphatic carbocycles. The van der Waals surface area contributed by atoms with E-state index in [1.807, 2.05) is 0 Å². The van der Waals surface area contributed by atoms with Crippen LogP contribution in [0, 0.1) is 6.92 Å². The van der Waals surface area contributed by atoms with Gasteiger partial charge in [0, 0.05) is 0 Å². The molecule has 0 aliphatic heterocycles. The summed E-state index contributed by atoms with van der Waals surface area (Å²) in [5.74, 6) is 0. The Morgan fingerprint density at radius 2 is 1.70 bits per heavy atom. The molecule has 0 amide bonds. The fourth-order valence-electron chi connectivity index (χ4n) is 3.24. The Morgan fingerprint density at radius 1 is 0.900 bits per heavy atom. The van der Waals surface area contributed by atoms with Crippen LogP contribution in [-0.2, 0) is 6.42 Å². The molecule has 0 atom stereocenters. The van der Waals surface area contributed by atoms with Crippen molar-refractivity contribution >= 4 is 23.4 Å². The third-order valence-electron chi connectivity index (χ3n) is 4.24. The molecular weight excluding hydrogens is 240 g/mol. The van der Waals surface area contributed by atoms with Gasteiger partial charge in [-0.25, -0.2) is 0 Å². The minimum absolute atomic E-state index is 1.01. The predicted octanol–water partition coefficient (Wildman–Crippen LogP) is 3.29. The average Bonchev–Trinajstić information content (AvgIpc) is 2.46. The Labute approximate surface area is 118 Å². The first kappa shape index (κ1) is 11.5. The van der Waals surface area contributed by atoms with E-state index in [9.17, 15) is 0 Å². The summed E-state index contributed by atoms with van der Waals surface area (Å²) in [5, 5.41) is 5.08. The minimum atomic E-state index is 1.01. The molecule has 0 fully saturated rings. The molecule has 0 aromatic heterocycles. The Morgan fingerprint density at radius 3 is 2.55 bits per heavy atom. The molecule has 0 heterocycles. The molecule has 0 N–H and O–H groups in total. The van der Waals surface area contributed by atoms with E-state index in [4.69, 9.17) is 0 Å². The van der Waals surface area contributed by atoms with Crippen LogP contribution in [-0.4, -0.2) is 0 Å². The van der Waals surface area contributed by atoms with Gasteiger partial charge in [-0.3, -0.25) is 0 Å². The summed E-state index contributed by atoms with van der Waals surface area (Å²) >= 11 is 0. The molecule has 96 valence electrons. The smallest absolute Gasteiger partial charge is 0.00134 e. The topological polar surface area (TPSA) is 0 Å². The highest BCUT2D eigenvalue weighted by Crippen LogP contribution is 2.20. The average molecular weight is 256 g/mol. The van der Waals surface area contributed by atoms with Gasteiger partial charge in [0.1, 0.15) is 0 Å². The summed E-state index contributed by atoms with van der Waals surface area (Å²) in [6.07, 6.45) is 3.34. The van der Waals surface area contributed by atoms with Gasteiger partial charge in [-0.05, 0) is 57.3 Å². The first-order valence-electron chi connectivity index (χ1n) is 7.03. The van der Waals surface area contributed by atoms with Gasteiger partial charge in [-0.1, -0.05) is 60.7 Å². The molecule has 1 aliphatic rings. The molecule has 0 saturated carbocycles. The summed E-state index contributed by atoms with van der Waals surface area (Å²) in [6.45, 7) is 6.37. The van der Waals surface area contributed by atoms with Gasteiger partial charge < -0.3 is 0 Å². The number of aryl methyl sites for hydroxylation is 1. The van der Waals surface area contributed by atoms with Crippen LogP contribution in [0.3, 0.4) is 0 Å². The molecule has 0 radical (unpaired) electrons. The molecule has 0 saturated heterocycles. The summed E-state index contributed by atoms with van der Waals surface area (Å²) < 4.78 is 0. The Hall–Kier alpha value is -2.34. The van der Waals surface area contributed by atoms with Crippen LogP contribution < -0.4 is 10.4 Å². The summed E-state index contributed by atoms with van der Waals surface area (Å²) in [7, 11) is 0. The lowest BCUT2D eigenvalue weighted by molar-refractivity contribution is 1.14. The molecule has 3 aromatic carbocycles. The monoisotopic (exact) mass is 256 g/mol. The molecule has 3 aromatic rings. The van der Waals surface area contributed by atoms with Crippen molar-refractivity contribution in [2.24, 2.45) is 0 Å². The van der Waals surface area contributed by atoms with Crippen LogP contribution in [0.5, 0.6) is 0 Å². The van der Waals surface area contributed by atoms with Crippen LogP contribution in [0.4, 0.5) is 0 Å². The lowest BCUT2D eigenvalue weighted by atomic mass is 9.88. The van der Waals surface area contributed by atoms with Crippen LogP contribution in [0.15, 0.2) is 48.5 Å². The van der Waals surface area contributed by atoms with Crippen molar-refractivity contribution < 1.29 is 0 Å². The first-order chi connectivity index (χ1) is 9.72. The van der Waals surface area contributed by atoms with Crippen molar-refractivity contribution in [2.45, 2.75) is 13.3 Å². The zero-order valence-corrected chi connectivity index (χ0v) is 11.6. The highest BCUT2D eigenvalue weighted by molar-refractivity contribution is 5.87. The molecule has 4 rings (SSSR count). The zero-order valence-electron chi connectivity index (χ0n) is 11.6. The van der Waals surface area contributed by atoms with E-state index in [1.165, 1.54) is 38.2 Å². The lowest BCUT2D eigenvalue weighted by Gasteiger charge is -2.16. The molecule has 0 heteroatoms. The Kier molecular flexibility index (Phi) is 2.34. The van der Waals surface area contributed by atoms with Gasteiger partial charge in [0.15, 0.2) is 0 Å². The SMILES string of the molecule is C=c1cc2c(c3ccccc13)=Cc1ccc(C)cc1C2. The van der Waals surface area contributed by atoms with Crippen LogP contribution in [0.1, 0.15) is 22.3 Å². The number of rotatable bonds is 0. The van der Waals surface area contributed by atoms with Crippen LogP contribution in [0.2, 0.25) is 0 Å². The van der Waals surface area contributed by atoms with Crippen molar-refractivity contribution in [3.05, 3.63) is 81.2 Å². The summed E-state index contributed by atoms with van der Waals surface area (Å²) in [4.78, 5) is 0. The van der Waals surface area contributed by atoms with Crippen molar-refractivity contribution in [2.75, 3.05) is 0 Å². The summed E-state index contributed by atoms with van der Waals surface area (Å²) in [5.41, 5.74) is 5.50. The third-order valence-corrected chi connectivity index (χ3v) is 4.24. The maximum atomic E-state index is 4.22. The van der Waals surface area contributed by atoms with E-state index in [0.29, 0.717) is 0 Å². The molecule has 0 unspecified atom stereocenters. The van der Waals surface area contributed by atoms with E-state index in [2.05, 4.69) is 68.1 Å². The number of fused-ring (bicyclic) bond motifs is 4. The molecule has 0 bridgehead atoms. The second kappa shape index (κ2) is 4.08. The second-order valence-electron chi connectivity index (χ2n) is 5.68. The van der Waals surface area contributed by atoms with Crippen LogP contribution >= 0.6 is 0 Å². The maximum Gasteiger partial charge on any atom is -0.00134 e. The quantitative estimate of drug-likeness (QED) is 0.453. The van der Waals surface area contributed by atoms with Gasteiger partial charge in [-0.15, -0.1) is 0 Å². The van der Waals surface area contributed by atoms with E-state index >= 15 is 0 Å². The zero-order chi connectivity index (χ0) is 13.7. The standard InChI is InChI=1S/C20H16/c1-13-7-8-15-12-20-17(11-16(15)9-13)10-14(2)18-5-3-4-6-19(18)20/h3-10,12H,2,11H2,1H3. The predicted molar refractivity (Wildman–Crippen MR) is 86.3 cm³/mol. The normalized spacial score (nSPS) is 12.7. The highest BCUT2D eigenvalue weighted by atomic mass is 14.2. The van der Waals surface area contributed by atoms with E-state index < -0.39 is 0 Å². The number of hydrogen-bond donors (Lipinski definition) is 0. The highest BCUT2D eigenvalue weighted by Gasteiger charge is 2.11. The van der Waals surface area contributed by atoms with E-state index in [0.717, 1.165) is 11.6 Å². The maximum absolute atomic E-state index is 4.22. The van der Waals surface area contributed by atoms with Gasteiger partial charge in [0.25, 0.3) is 0 Å². The number of benzene rings is 3. The second-order valence-corrected chi connectivity index (χ2v) is 5.68. The van der Waals surface area contributed by atoms with Gasteiger partial charge in [-0.2, -0.15) is 0 Å². The third kappa shape index (κ3) is 1.61. The van der Waals surface area contributed by atoms with Crippen LogP contribution in [0.25, 0.3) is 23.4 Å². The number of hydrogen-bond acceptors (Lipinski definition) is 0. The van der Waals surface area contributed by atoms with Crippen molar-refractivity contribution in [1.29, 1.82) is 0 Å². The fraction of sp³-hybridized carbons (Fsp3) is 0.100. The van der Waals surface area contributed by atoms with Gasteiger partial charge in [0.2, 0.25) is 0 Å². The van der Waals surface area contributed by atoms with Crippen molar-refractivity contribution in [3.8, 4) is 0 Å². The largest absolute Gasteiger partial charge is 0.0911 e. The molecule has 0 spiro atoms. The Bertz CT molecular complexity index is 946.